The van der Waals surface area contributed by atoms with Crippen LogP contribution in [-0.4, -0.2) is 19.5 Å². The van der Waals surface area contributed by atoms with E-state index in [0.717, 1.165) is 88.0 Å². The van der Waals surface area contributed by atoms with Gasteiger partial charge in [-0.15, -0.1) is 0 Å². The van der Waals surface area contributed by atoms with E-state index in [2.05, 4.69) is 205 Å². The Balaban J connectivity index is 1.18. The number of hydrogen-bond acceptors (Lipinski definition) is 4. The molecule has 62 heavy (non-hydrogen) atoms. The van der Waals surface area contributed by atoms with Crippen LogP contribution in [0.5, 0.6) is 0 Å². The molecular weight excluding hydrogens is 757 g/mol. The van der Waals surface area contributed by atoms with Gasteiger partial charge in [0.05, 0.1) is 22.3 Å². The molecule has 0 radical (unpaired) electrons. The van der Waals surface area contributed by atoms with Gasteiger partial charge in [-0.05, 0) is 80.5 Å². The normalized spacial score (nSPS) is 11.9. The first-order valence-electron chi connectivity index (χ1n) is 20.9. The minimum atomic E-state index is 0.527. The van der Waals surface area contributed by atoms with Gasteiger partial charge in [0.25, 0.3) is 0 Å². The summed E-state index contributed by atoms with van der Waals surface area (Å²) in [6.07, 6.45) is 0. The van der Waals surface area contributed by atoms with Crippen molar-refractivity contribution < 1.29 is 4.42 Å². The van der Waals surface area contributed by atoms with E-state index in [-0.39, 0.29) is 0 Å². The molecule has 3 aromatic heterocycles. The molecule has 10 aromatic carbocycles. The molecule has 13 aromatic rings. The Morgan fingerprint density at radius 1 is 0.323 bits per heavy atom. The Kier molecular flexibility index (Phi) is 7.54. The fourth-order valence-corrected chi connectivity index (χ4v) is 9.50. The molecule has 0 N–H and O–H groups in total. The van der Waals surface area contributed by atoms with Crippen molar-refractivity contribution in [3.05, 3.63) is 206 Å². The van der Waals surface area contributed by atoms with Gasteiger partial charge >= 0.3 is 0 Å². The summed E-state index contributed by atoms with van der Waals surface area (Å²) >= 11 is 0. The van der Waals surface area contributed by atoms with Crippen molar-refractivity contribution in [3.63, 3.8) is 0 Å². The summed E-state index contributed by atoms with van der Waals surface area (Å²) in [5.74, 6) is 1.69. The molecule has 0 fully saturated rings. The van der Waals surface area contributed by atoms with Crippen molar-refractivity contribution in [2.24, 2.45) is 0 Å². The number of benzene rings is 10. The predicted molar refractivity (Wildman–Crippen MR) is 256 cm³/mol. The van der Waals surface area contributed by atoms with E-state index in [1.807, 2.05) is 6.07 Å². The van der Waals surface area contributed by atoms with Gasteiger partial charge in [-0.2, -0.15) is 0 Å². The predicted octanol–water partition coefficient (Wildman–Crippen LogP) is 15.0. The number of aromatic nitrogens is 4. The molecule has 0 aliphatic heterocycles. The van der Waals surface area contributed by atoms with E-state index < -0.39 is 0 Å². The third kappa shape index (κ3) is 5.32. The lowest BCUT2D eigenvalue weighted by molar-refractivity contribution is 0.673. The largest absolute Gasteiger partial charge is 0.455 e. The lowest BCUT2D eigenvalue weighted by atomic mass is 10.0. The minimum Gasteiger partial charge on any atom is -0.455 e. The summed E-state index contributed by atoms with van der Waals surface area (Å²) < 4.78 is 9.58. The van der Waals surface area contributed by atoms with Gasteiger partial charge in [0.2, 0.25) is 0 Å². The molecule has 0 atom stereocenters. The average Bonchev–Trinajstić information content (AvgIpc) is 3.88. The van der Waals surface area contributed by atoms with Crippen molar-refractivity contribution in [1.29, 1.82) is 0 Å². The van der Waals surface area contributed by atoms with E-state index in [0.29, 0.717) is 17.5 Å². The monoisotopic (exact) mass is 790 g/mol. The summed E-state index contributed by atoms with van der Waals surface area (Å²) in [6.45, 7) is 0. The fourth-order valence-electron chi connectivity index (χ4n) is 9.50. The van der Waals surface area contributed by atoms with Crippen molar-refractivity contribution in [2.45, 2.75) is 0 Å². The Labute approximate surface area is 355 Å². The molecule has 5 nitrogen and oxygen atoms in total. The Hall–Kier alpha value is -8.41. The molecular formula is C57H34N4O. The second-order valence-corrected chi connectivity index (χ2v) is 16.0. The van der Waals surface area contributed by atoms with Crippen LogP contribution in [0.1, 0.15) is 0 Å². The zero-order chi connectivity index (χ0) is 40.7. The maximum absolute atomic E-state index is 7.21. The van der Waals surface area contributed by atoms with E-state index in [4.69, 9.17) is 19.4 Å². The number of fused-ring (bicyclic) bond motifs is 10. The summed E-state index contributed by atoms with van der Waals surface area (Å²) in [7, 11) is 0. The van der Waals surface area contributed by atoms with Gasteiger partial charge < -0.3 is 8.98 Å². The van der Waals surface area contributed by atoms with Gasteiger partial charge in [-0.1, -0.05) is 164 Å². The van der Waals surface area contributed by atoms with Crippen LogP contribution in [0.3, 0.4) is 0 Å². The molecule has 0 spiro atoms. The summed E-state index contributed by atoms with van der Waals surface area (Å²) in [4.78, 5) is 16.3. The SMILES string of the molecule is c1ccc(-c2cccc(-c3nc(-c4cccc5ccccc45)nc(-c4c(-n5c6ccccc6c6cc7ccccc7cc65)ccc5c4oc4c6ccccc6ccc54)n3)c2)cc1. The number of rotatable bonds is 5. The lowest BCUT2D eigenvalue weighted by Gasteiger charge is -2.16. The highest BCUT2D eigenvalue weighted by Crippen LogP contribution is 2.44. The van der Waals surface area contributed by atoms with Crippen LogP contribution in [0.4, 0.5) is 0 Å². The van der Waals surface area contributed by atoms with Gasteiger partial charge in [0, 0.05) is 38.1 Å². The molecule has 0 amide bonds. The number of nitrogens with zero attached hydrogens (tertiary/aromatic N) is 4. The van der Waals surface area contributed by atoms with Crippen molar-refractivity contribution in [1.82, 2.24) is 19.5 Å². The fraction of sp³-hybridized carbons (Fsp3) is 0. The average molecular weight is 791 g/mol. The summed E-state index contributed by atoms with van der Waals surface area (Å²) in [5.41, 5.74) is 9.47. The minimum absolute atomic E-state index is 0.527. The Bertz CT molecular complexity index is 3930. The summed E-state index contributed by atoms with van der Waals surface area (Å²) in [5, 5.41) is 11.1. The lowest BCUT2D eigenvalue weighted by Crippen LogP contribution is -2.04. The van der Waals surface area contributed by atoms with Gasteiger partial charge in [0.15, 0.2) is 17.5 Å². The third-order valence-electron chi connectivity index (χ3n) is 12.4. The molecule has 288 valence electrons. The van der Waals surface area contributed by atoms with Crippen molar-refractivity contribution in [2.75, 3.05) is 0 Å². The molecule has 13 rings (SSSR count). The zero-order valence-corrected chi connectivity index (χ0v) is 33.3. The van der Waals surface area contributed by atoms with Crippen LogP contribution >= 0.6 is 0 Å². The highest BCUT2D eigenvalue weighted by Gasteiger charge is 2.25. The Morgan fingerprint density at radius 2 is 0.919 bits per heavy atom. The number of hydrogen-bond donors (Lipinski definition) is 0. The molecule has 0 saturated heterocycles. The third-order valence-corrected chi connectivity index (χ3v) is 12.4. The van der Waals surface area contributed by atoms with Crippen LogP contribution in [0.25, 0.3) is 127 Å². The topological polar surface area (TPSA) is 56.7 Å². The van der Waals surface area contributed by atoms with Gasteiger partial charge in [-0.25, -0.2) is 15.0 Å². The smallest absolute Gasteiger partial charge is 0.170 e. The zero-order valence-electron chi connectivity index (χ0n) is 33.3. The molecule has 0 bridgehead atoms. The van der Waals surface area contributed by atoms with Gasteiger partial charge in [-0.3, -0.25) is 0 Å². The van der Waals surface area contributed by atoms with Crippen molar-refractivity contribution >= 4 is 76.1 Å². The number of para-hydroxylation sites is 1. The van der Waals surface area contributed by atoms with E-state index in [1.54, 1.807) is 0 Å². The van der Waals surface area contributed by atoms with E-state index in [1.165, 1.54) is 21.5 Å². The van der Waals surface area contributed by atoms with Crippen LogP contribution in [0, 0.1) is 0 Å². The van der Waals surface area contributed by atoms with E-state index in [9.17, 15) is 0 Å². The molecule has 3 heterocycles. The molecule has 0 saturated carbocycles. The van der Waals surface area contributed by atoms with Crippen LogP contribution in [0.15, 0.2) is 211 Å². The summed E-state index contributed by atoms with van der Waals surface area (Å²) in [6, 6.07) is 72.7. The maximum Gasteiger partial charge on any atom is 0.170 e. The number of furan rings is 1. The molecule has 0 aliphatic carbocycles. The first-order valence-corrected chi connectivity index (χ1v) is 20.9. The van der Waals surface area contributed by atoms with Crippen LogP contribution < -0.4 is 0 Å². The highest BCUT2D eigenvalue weighted by atomic mass is 16.3. The molecule has 0 unspecified atom stereocenters. The first-order chi connectivity index (χ1) is 30.7. The second kappa shape index (κ2) is 13.6. The van der Waals surface area contributed by atoms with Gasteiger partial charge in [0.1, 0.15) is 11.2 Å². The standard InChI is InChI=1S/C57H34N4O/c1-2-14-35(15-3-1)38-21-12-22-41(32-38)55-58-56(47-26-13-20-36-16-6-8-23-42(36)47)60-57(59-55)52-50(31-30-46-45-29-28-37-17-7-9-24-43(37)53(45)62-54(46)52)61-49-27-11-10-25-44(49)48-33-39-18-4-5-19-40(39)34-51(48)61/h1-34H. The van der Waals surface area contributed by atoms with Crippen molar-refractivity contribution in [3.8, 4) is 51.0 Å². The first kappa shape index (κ1) is 34.5. The Morgan fingerprint density at radius 3 is 1.77 bits per heavy atom. The van der Waals surface area contributed by atoms with E-state index >= 15 is 0 Å². The van der Waals surface area contributed by atoms with Crippen LogP contribution in [0.2, 0.25) is 0 Å². The second-order valence-electron chi connectivity index (χ2n) is 16.0. The quantitative estimate of drug-likeness (QED) is 0.174. The molecule has 0 aliphatic rings. The molecule has 5 heteroatoms. The van der Waals surface area contributed by atoms with Crippen LogP contribution in [-0.2, 0) is 0 Å². The highest BCUT2D eigenvalue weighted by molar-refractivity contribution is 6.19. The maximum atomic E-state index is 7.21.